The summed E-state index contributed by atoms with van der Waals surface area (Å²) in [5, 5.41) is 26.9. The normalized spacial score (nSPS) is 10.4. The summed E-state index contributed by atoms with van der Waals surface area (Å²) in [6, 6.07) is 56.3. The van der Waals surface area contributed by atoms with Gasteiger partial charge in [-0.2, -0.15) is 5.26 Å². The molecule has 13 N–H and O–H groups in total. The van der Waals surface area contributed by atoms with Gasteiger partial charge in [0.25, 0.3) is 21.7 Å². The number of amides is 5. The zero-order valence-corrected chi connectivity index (χ0v) is 74.2. The number of carbonyl (C=O) groups excluding carboxylic acids is 5. The van der Waals surface area contributed by atoms with Crippen LogP contribution in [0.25, 0.3) is 0 Å². The molecule has 11 aromatic rings. The minimum absolute atomic E-state index is 0. The fraction of sp³-hybridized carbons (Fsp3) is 0.244. The summed E-state index contributed by atoms with van der Waals surface area (Å²) < 4.78 is 113. The molecule has 0 fully saturated rings. The molecule has 26 nitrogen and oxygen atoms in total. The summed E-state index contributed by atoms with van der Waals surface area (Å²) in [6.07, 6.45) is -2.98. The van der Waals surface area contributed by atoms with Gasteiger partial charge in [-0.05, 0) is 173 Å². The number of hydrogen-bond donors (Lipinski definition) is 10. The summed E-state index contributed by atoms with van der Waals surface area (Å²) in [5.74, 6) is -2.44. The van der Waals surface area contributed by atoms with Crippen molar-refractivity contribution >= 4 is 104 Å². The van der Waals surface area contributed by atoms with E-state index in [0.717, 1.165) is 31.2 Å². The third-order valence-electron chi connectivity index (χ3n) is 16.6. The summed E-state index contributed by atoms with van der Waals surface area (Å²) in [7, 11) is 0. The van der Waals surface area contributed by atoms with E-state index >= 15 is 0 Å². The lowest BCUT2D eigenvalue weighted by atomic mass is 10.1. The fourth-order valence-electron chi connectivity index (χ4n) is 10.4. The van der Waals surface area contributed by atoms with Crippen LogP contribution in [0, 0.1) is 46.2 Å². The number of halogens is 10. The molecular weight excluding hydrogens is 1820 g/mol. The lowest BCUT2D eigenvalue weighted by Crippen LogP contribution is -2.37. The minimum Gasteiger partial charge on any atom is -0.488 e. The topological polar surface area (TPSA) is 395 Å². The SMILES string of the molecule is CC(C)(C)OC(=O)NCc1ccc(F)c(CNC(=O)OCc2ccccc2)c1.CCOc1c(NCc2cc(CNC(=O)OC(C)(C)C)ccc2F)c(=O)c1=O.Cl.Cl.N#Cc1ccc(F)c(CNC(=O)OCc2ccccc2)c1.NCc1cc(Br)ccc1F.NCc1ccc(F)c(CNc2c(N)c(=O)c2=O)c1.O=C(NCc1cc(Br)ccc1F)OCc1ccccc1. The third-order valence-corrected chi connectivity index (χ3v) is 17.6. The van der Waals surface area contributed by atoms with Gasteiger partial charge in [-0.3, -0.25) is 19.2 Å². The van der Waals surface area contributed by atoms with Crippen LogP contribution < -0.4 is 80.9 Å². The van der Waals surface area contributed by atoms with Crippen molar-refractivity contribution in [3.63, 3.8) is 0 Å². The highest BCUT2D eigenvalue weighted by Crippen LogP contribution is 2.23. The van der Waals surface area contributed by atoms with Gasteiger partial charge in [0.1, 0.15) is 83.0 Å². The number of nitrogens with two attached hydrogens (primary N) is 3. The predicted octanol–water partition coefficient (Wildman–Crippen LogP) is 16.8. The average Bonchev–Trinajstić information content (AvgIpc) is 0.786. The number of rotatable bonds is 26. The van der Waals surface area contributed by atoms with Gasteiger partial charge >= 0.3 is 30.5 Å². The van der Waals surface area contributed by atoms with Crippen molar-refractivity contribution in [2.45, 2.75) is 138 Å². The van der Waals surface area contributed by atoms with Crippen LogP contribution in [0.15, 0.2) is 228 Å². The zero-order chi connectivity index (χ0) is 91.1. The number of benzene rings is 9. The minimum atomic E-state index is -0.700. The van der Waals surface area contributed by atoms with E-state index in [1.165, 1.54) is 48.5 Å². The Morgan fingerprint density at radius 3 is 1.07 bits per heavy atom. The van der Waals surface area contributed by atoms with Crippen LogP contribution in [-0.2, 0) is 102 Å². The molecule has 0 aliphatic rings. The van der Waals surface area contributed by atoms with Crippen LogP contribution in [0.2, 0.25) is 0 Å². The van der Waals surface area contributed by atoms with Gasteiger partial charge < -0.3 is 82.8 Å². The molecule has 11 rings (SSSR count). The Morgan fingerprint density at radius 2 is 0.706 bits per heavy atom. The van der Waals surface area contributed by atoms with Crippen LogP contribution >= 0.6 is 56.7 Å². The van der Waals surface area contributed by atoms with Crippen LogP contribution in [0.1, 0.15) is 121 Å². The lowest BCUT2D eigenvalue weighted by Gasteiger charge is -2.19. The first kappa shape index (κ1) is 106. The van der Waals surface area contributed by atoms with E-state index in [9.17, 15) is 69.5 Å². The second-order valence-electron chi connectivity index (χ2n) is 28.5. The first-order valence-corrected chi connectivity index (χ1v) is 39.6. The van der Waals surface area contributed by atoms with E-state index in [2.05, 4.69) is 69.1 Å². The van der Waals surface area contributed by atoms with E-state index in [1.54, 1.807) is 109 Å². The maximum absolute atomic E-state index is 14.0. The number of anilines is 3. The fourth-order valence-corrected chi connectivity index (χ4v) is 11.2. The quantitative estimate of drug-likeness (QED) is 0.0137. The lowest BCUT2D eigenvalue weighted by molar-refractivity contribution is 0.0512. The van der Waals surface area contributed by atoms with E-state index in [4.69, 9.17) is 50.9 Å². The monoisotopic (exact) mass is 1910 g/mol. The molecule has 0 aromatic heterocycles. The number of hydrogen-bond acceptors (Lipinski definition) is 21. The zero-order valence-electron chi connectivity index (χ0n) is 69.4. The molecule has 0 aliphatic heterocycles. The Morgan fingerprint density at radius 1 is 0.381 bits per heavy atom. The molecule has 0 bridgehead atoms. The highest BCUT2D eigenvalue weighted by Gasteiger charge is 2.24. The summed E-state index contributed by atoms with van der Waals surface area (Å²) >= 11 is 6.47. The van der Waals surface area contributed by atoms with Gasteiger partial charge in [0.2, 0.25) is 0 Å². The molecule has 0 heterocycles. The number of nitriles is 1. The Labute approximate surface area is 752 Å². The van der Waals surface area contributed by atoms with E-state index < -0.39 is 86.7 Å². The molecule has 0 unspecified atom stereocenters. The van der Waals surface area contributed by atoms with Gasteiger partial charge in [-0.15, -0.1) is 24.8 Å². The number of alkyl carbamates (subject to hydrolysis) is 5. The summed E-state index contributed by atoms with van der Waals surface area (Å²) in [6.45, 7) is 14.0. The number of ether oxygens (including phenoxy) is 6. The van der Waals surface area contributed by atoms with Crippen molar-refractivity contribution in [1.29, 1.82) is 5.26 Å². The van der Waals surface area contributed by atoms with E-state index in [1.807, 2.05) is 97.1 Å². The molecule has 670 valence electrons. The number of carbonyl (C=O) groups is 5. The average molecular weight is 1920 g/mol. The van der Waals surface area contributed by atoms with Crippen molar-refractivity contribution in [2.24, 2.45) is 11.5 Å². The highest BCUT2D eigenvalue weighted by atomic mass is 79.9. The molecule has 11 aromatic carbocycles. The maximum atomic E-state index is 14.0. The van der Waals surface area contributed by atoms with Crippen LogP contribution in [0.4, 0.5) is 67.4 Å². The van der Waals surface area contributed by atoms with E-state index in [-0.39, 0.29) is 149 Å². The van der Waals surface area contributed by atoms with Gasteiger partial charge in [0, 0.05) is 101 Å². The second kappa shape index (κ2) is 53.4. The van der Waals surface area contributed by atoms with Crippen molar-refractivity contribution in [1.82, 2.24) is 26.6 Å². The first-order chi connectivity index (χ1) is 59.0. The number of nitrogens with zero attached hydrogens (tertiary/aromatic N) is 1. The van der Waals surface area contributed by atoms with Gasteiger partial charge in [-0.25, -0.2) is 50.3 Å². The molecule has 0 atom stereocenters. The Hall–Kier alpha value is -12.8. The van der Waals surface area contributed by atoms with E-state index in [0.29, 0.717) is 45.5 Å². The molecule has 0 radical (unpaired) electrons. The van der Waals surface area contributed by atoms with Crippen molar-refractivity contribution in [2.75, 3.05) is 23.0 Å². The van der Waals surface area contributed by atoms with Crippen molar-refractivity contribution < 1.29 is 78.7 Å². The van der Waals surface area contributed by atoms with Crippen LogP contribution in [0.3, 0.4) is 0 Å². The summed E-state index contributed by atoms with van der Waals surface area (Å²) in [5.41, 5.74) is 19.3. The maximum Gasteiger partial charge on any atom is 0.407 e. The predicted molar refractivity (Wildman–Crippen MR) is 478 cm³/mol. The Kier molecular flexibility index (Phi) is 44.7. The third kappa shape index (κ3) is 37.3. The number of nitrogens with one attached hydrogen (secondary N) is 7. The van der Waals surface area contributed by atoms with Gasteiger partial charge in [0.05, 0.1) is 18.2 Å². The molecule has 0 spiro atoms. The first-order valence-electron chi connectivity index (χ1n) is 38.1. The van der Waals surface area contributed by atoms with Gasteiger partial charge in [0.15, 0.2) is 5.75 Å². The molecule has 0 saturated heterocycles. The standard InChI is InChI=1S/C21H25FN2O4.C19H23FN2O5.C16H13FN2O2.C15H13BrFNO2.C12H12FN3O2.C7H7BrFN.2ClH/c1-21(2,3)28-20(26)23-12-16-9-10-18(22)17(11-16)13-24-19(25)27-14-15-7-5-4-6-8-15;1-5-26-17-14(15(23)16(17)24)21-10-12-8-11(6-7-13(12)20)9-22-18(25)27-19(2,3)4;17-15-7-6-13(9-18)8-14(15)10-19-16(20)21-11-12-4-2-1-3-5-12;16-13-6-7-14(17)12(8-13)9-18-15(19)20-10-11-4-2-1-3-5-11;13-8-2-1-6(4-14)3-7(8)5-16-10-9(15)11(17)12(10)18;8-6-1-2-7(9)5(3-6)4-10;;/h4-11H,12-14H2,1-3H3,(H,23,26)(H,24,25);6-8,21H,5,9-10H2,1-4H3,(H,22,25);1-8H,10-11H2,(H,19,20);1-8H,9-10H2,(H,18,19);1-3,16H,4-5,14-15H2;1-3H,4,10H2;2*1H. The van der Waals surface area contributed by atoms with Gasteiger partial charge in [-0.1, -0.05) is 141 Å². The smallest absolute Gasteiger partial charge is 0.407 e. The molecule has 0 aliphatic carbocycles. The van der Waals surface area contributed by atoms with Crippen LogP contribution in [0.5, 0.6) is 5.75 Å². The highest BCUT2D eigenvalue weighted by molar-refractivity contribution is 9.10. The largest absolute Gasteiger partial charge is 0.488 e. The molecule has 0 saturated carbocycles. The van der Waals surface area contributed by atoms with Crippen LogP contribution in [-0.4, -0.2) is 48.3 Å². The Balaban J connectivity index is 0.000000322. The Bertz CT molecular complexity index is 5590. The molecular formula is C90H95Br2Cl2F6N11O15. The second-order valence-corrected chi connectivity index (χ2v) is 30.3. The summed E-state index contributed by atoms with van der Waals surface area (Å²) in [4.78, 5) is 103. The molecule has 126 heavy (non-hydrogen) atoms. The molecule has 5 amide bonds. The van der Waals surface area contributed by atoms with Crippen molar-refractivity contribution in [3.8, 4) is 11.8 Å². The number of nitrogen functional groups attached to an aromatic ring is 1. The molecule has 36 heteroatoms. The van der Waals surface area contributed by atoms with Crippen molar-refractivity contribution in [3.05, 3.63) is 357 Å².